The van der Waals surface area contributed by atoms with Crippen LogP contribution in [0.5, 0.6) is 0 Å². The number of halogens is 1. The largest absolute Gasteiger partial charge is 0.388 e. The van der Waals surface area contributed by atoms with Crippen molar-refractivity contribution in [3.05, 3.63) is 34.9 Å². The summed E-state index contributed by atoms with van der Waals surface area (Å²) in [6, 6.07) is 7.71. The molecule has 0 bridgehead atoms. The summed E-state index contributed by atoms with van der Waals surface area (Å²) in [5.41, 5.74) is 0.478. The van der Waals surface area contributed by atoms with Gasteiger partial charge in [-0.05, 0) is 37.5 Å². The zero-order valence-corrected chi connectivity index (χ0v) is 14.0. The summed E-state index contributed by atoms with van der Waals surface area (Å²) in [5.74, 6) is 0.737. The molecule has 0 radical (unpaired) electrons. The summed E-state index contributed by atoms with van der Waals surface area (Å²) >= 11 is 5.99. The van der Waals surface area contributed by atoms with Crippen molar-refractivity contribution >= 4 is 17.6 Å². The number of aliphatic imine (C=N–C) groups is 1. The maximum atomic E-state index is 10.5. The maximum absolute atomic E-state index is 10.5. The van der Waals surface area contributed by atoms with E-state index in [4.69, 9.17) is 11.6 Å². The van der Waals surface area contributed by atoms with Gasteiger partial charge in [0.05, 0.1) is 12.1 Å². The van der Waals surface area contributed by atoms with E-state index in [0.717, 1.165) is 48.8 Å². The topological polar surface area (TPSA) is 56.7 Å². The molecule has 1 aromatic rings. The number of hydrogen-bond acceptors (Lipinski definition) is 2. The van der Waals surface area contributed by atoms with Crippen molar-refractivity contribution < 1.29 is 5.11 Å². The molecule has 0 unspecified atom stereocenters. The Balaban J connectivity index is 1.92. The Morgan fingerprint density at radius 1 is 1.27 bits per heavy atom. The smallest absolute Gasteiger partial charge is 0.191 e. The minimum Gasteiger partial charge on any atom is -0.388 e. The highest BCUT2D eigenvalue weighted by Gasteiger charge is 2.29. The molecule has 22 heavy (non-hydrogen) atoms. The maximum Gasteiger partial charge on any atom is 0.191 e. The Labute approximate surface area is 138 Å². The van der Waals surface area contributed by atoms with Gasteiger partial charge in [-0.1, -0.05) is 43.0 Å². The molecule has 0 aromatic heterocycles. The lowest BCUT2D eigenvalue weighted by molar-refractivity contribution is 0.00859. The molecule has 0 aliphatic heterocycles. The number of benzene rings is 1. The van der Waals surface area contributed by atoms with E-state index in [1.807, 2.05) is 31.2 Å². The molecular formula is C17H26ClN3O. The molecule has 0 amide bonds. The SMILES string of the molecule is CCNC(=NCc1cccc(Cl)c1)NCC1(O)CCCCC1. The molecule has 122 valence electrons. The molecule has 4 nitrogen and oxygen atoms in total. The van der Waals surface area contributed by atoms with E-state index in [1.54, 1.807) is 0 Å². The molecule has 1 saturated carbocycles. The van der Waals surface area contributed by atoms with E-state index in [9.17, 15) is 5.11 Å². The van der Waals surface area contributed by atoms with Gasteiger partial charge in [0, 0.05) is 18.1 Å². The Morgan fingerprint density at radius 3 is 2.73 bits per heavy atom. The Bertz CT molecular complexity index is 498. The number of rotatable bonds is 5. The van der Waals surface area contributed by atoms with Crippen LogP contribution in [-0.4, -0.2) is 29.8 Å². The molecule has 2 rings (SSSR count). The van der Waals surface area contributed by atoms with Gasteiger partial charge in [-0.25, -0.2) is 4.99 Å². The van der Waals surface area contributed by atoms with E-state index >= 15 is 0 Å². The number of nitrogens with one attached hydrogen (secondary N) is 2. The van der Waals surface area contributed by atoms with E-state index in [1.165, 1.54) is 6.42 Å². The number of hydrogen-bond donors (Lipinski definition) is 3. The van der Waals surface area contributed by atoms with E-state index in [2.05, 4.69) is 15.6 Å². The van der Waals surface area contributed by atoms with Crippen LogP contribution in [0.2, 0.25) is 5.02 Å². The molecular weight excluding hydrogens is 298 g/mol. The van der Waals surface area contributed by atoms with Crippen molar-refractivity contribution in [2.45, 2.75) is 51.2 Å². The second-order valence-electron chi connectivity index (χ2n) is 5.96. The summed E-state index contributed by atoms with van der Waals surface area (Å²) < 4.78 is 0. The second-order valence-corrected chi connectivity index (χ2v) is 6.40. The molecule has 1 aromatic carbocycles. The first-order valence-electron chi connectivity index (χ1n) is 8.10. The van der Waals surface area contributed by atoms with E-state index in [-0.39, 0.29) is 0 Å². The fourth-order valence-electron chi connectivity index (χ4n) is 2.78. The molecule has 5 heteroatoms. The highest BCUT2D eigenvalue weighted by atomic mass is 35.5. The van der Waals surface area contributed by atoms with Crippen molar-refractivity contribution in [2.24, 2.45) is 4.99 Å². The van der Waals surface area contributed by atoms with Crippen LogP contribution in [0, 0.1) is 0 Å². The van der Waals surface area contributed by atoms with Crippen LogP contribution in [0.4, 0.5) is 0 Å². The average Bonchev–Trinajstić information content (AvgIpc) is 2.51. The molecule has 3 N–H and O–H groups in total. The van der Waals surface area contributed by atoms with Crippen molar-refractivity contribution in [3.8, 4) is 0 Å². The van der Waals surface area contributed by atoms with Gasteiger partial charge in [-0.15, -0.1) is 0 Å². The predicted octanol–water partition coefficient (Wildman–Crippen LogP) is 3.09. The summed E-state index contributed by atoms with van der Waals surface area (Å²) in [6.07, 6.45) is 5.18. The molecule has 0 spiro atoms. The highest BCUT2D eigenvalue weighted by Crippen LogP contribution is 2.27. The number of aliphatic hydroxyl groups is 1. The van der Waals surface area contributed by atoms with Crippen LogP contribution in [0.1, 0.15) is 44.6 Å². The Kier molecular flexibility index (Phi) is 6.52. The Morgan fingerprint density at radius 2 is 2.05 bits per heavy atom. The summed E-state index contributed by atoms with van der Waals surface area (Å²) in [7, 11) is 0. The quantitative estimate of drug-likeness (QED) is 0.576. The average molecular weight is 324 g/mol. The van der Waals surface area contributed by atoms with Gasteiger partial charge in [0.25, 0.3) is 0 Å². The van der Waals surface area contributed by atoms with Crippen molar-refractivity contribution in [1.82, 2.24) is 10.6 Å². The molecule has 0 saturated heterocycles. The van der Waals surface area contributed by atoms with Crippen LogP contribution in [-0.2, 0) is 6.54 Å². The van der Waals surface area contributed by atoms with Crippen LogP contribution in [0.25, 0.3) is 0 Å². The summed E-state index contributed by atoms with van der Waals surface area (Å²) in [4.78, 5) is 4.57. The zero-order valence-electron chi connectivity index (χ0n) is 13.2. The molecule has 1 aliphatic carbocycles. The molecule has 0 heterocycles. The van der Waals surface area contributed by atoms with Gasteiger partial charge in [-0.2, -0.15) is 0 Å². The van der Waals surface area contributed by atoms with Crippen molar-refractivity contribution in [1.29, 1.82) is 0 Å². The fourth-order valence-corrected chi connectivity index (χ4v) is 3.00. The van der Waals surface area contributed by atoms with Gasteiger partial charge >= 0.3 is 0 Å². The monoisotopic (exact) mass is 323 g/mol. The normalized spacial score (nSPS) is 18.0. The third-order valence-corrected chi connectivity index (χ3v) is 4.26. The van der Waals surface area contributed by atoms with Gasteiger partial charge in [0.2, 0.25) is 0 Å². The first kappa shape index (κ1) is 17.1. The summed E-state index contributed by atoms with van der Waals surface area (Å²) in [5, 5.41) is 17.8. The molecule has 1 aliphatic rings. The number of guanidine groups is 1. The third-order valence-electron chi connectivity index (χ3n) is 4.02. The lowest BCUT2D eigenvalue weighted by atomic mass is 9.85. The highest BCUT2D eigenvalue weighted by molar-refractivity contribution is 6.30. The van der Waals surface area contributed by atoms with Crippen LogP contribution >= 0.6 is 11.6 Å². The van der Waals surface area contributed by atoms with Crippen molar-refractivity contribution in [3.63, 3.8) is 0 Å². The fraction of sp³-hybridized carbons (Fsp3) is 0.588. The van der Waals surface area contributed by atoms with E-state index < -0.39 is 5.60 Å². The van der Waals surface area contributed by atoms with Gasteiger partial charge < -0.3 is 15.7 Å². The Hall–Kier alpha value is -1.26. The van der Waals surface area contributed by atoms with Crippen molar-refractivity contribution in [2.75, 3.05) is 13.1 Å². The minimum absolute atomic E-state index is 0.550. The molecule has 1 fully saturated rings. The van der Waals surface area contributed by atoms with Crippen LogP contribution in [0.3, 0.4) is 0 Å². The lowest BCUT2D eigenvalue weighted by Crippen LogP contribution is -2.48. The zero-order chi connectivity index (χ0) is 15.8. The third kappa shape index (κ3) is 5.50. The second kappa shape index (κ2) is 8.39. The van der Waals surface area contributed by atoms with Crippen LogP contribution in [0.15, 0.2) is 29.3 Å². The number of nitrogens with zero attached hydrogens (tertiary/aromatic N) is 1. The predicted molar refractivity (Wildman–Crippen MR) is 92.3 cm³/mol. The first-order chi connectivity index (χ1) is 10.6. The first-order valence-corrected chi connectivity index (χ1v) is 8.48. The van der Waals surface area contributed by atoms with Crippen LogP contribution < -0.4 is 10.6 Å². The van der Waals surface area contributed by atoms with Gasteiger partial charge in [0.15, 0.2) is 5.96 Å². The van der Waals surface area contributed by atoms with E-state index in [0.29, 0.717) is 13.1 Å². The van der Waals surface area contributed by atoms with Gasteiger partial charge in [0.1, 0.15) is 0 Å². The molecule has 0 atom stereocenters. The van der Waals surface area contributed by atoms with Gasteiger partial charge in [-0.3, -0.25) is 0 Å². The minimum atomic E-state index is -0.593. The standard InChI is InChI=1S/C17H26ClN3O/c1-2-19-16(20-12-14-7-6-8-15(18)11-14)21-13-17(22)9-4-3-5-10-17/h6-8,11,22H,2-5,9-10,12-13H2,1H3,(H2,19,20,21). The lowest BCUT2D eigenvalue weighted by Gasteiger charge is -2.32. The summed E-state index contributed by atoms with van der Waals surface area (Å²) in [6.45, 7) is 3.94.